The first-order chi connectivity index (χ1) is 9.65. The van der Waals surface area contributed by atoms with Crippen molar-refractivity contribution in [1.29, 1.82) is 0 Å². The Kier molecular flexibility index (Phi) is 7.67. The number of amides is 1. The van der Waals surface area contributed by atoms with Gasteiger partial charge in [-0.1, -0.05) is 0 Å². The van der Waals surface area contributed by atoms with Crippen LogP contribution in [0.25, 0.3) is 0 Å². The van der Waals surface area contributed by atoms with E-state index in [1.54, 1.807) is 25.5 Å². The lowest BCUT2D eigenvalue weighted by atomic mass is 10.4. The van der Waals surface area contributed by atoms with Crippen molar-refractivity contribution >= 4 is 23.2 Å². The van der Waals surface area contributed by atoms with Crippen LogP contribution in [-0.2, 0) is 16.1 Å². The molecule has 0 saturated heterocycles. The number of hydrogen-bond donors (Lipinski definition) is 3. The van der Waals surface area contributed by atoms with Crippen molar-refractivity contribution in [2.75, 3.05) is 33.9 Å². The fourth-order valence-corrected chi connectivity index (χ4v) is 2.32. The second-order valence-electron chi connectivity index (χ2n) is 4.13. The maximum absolute atomic E-state index is 11.5. The standard InChI is InChI=1S/C13H22N4O2S/c1-10-4-5-11(20-10)8-16-13(14-2)17-9-12(18)15-6-7-19-3/h4-5H,6-9H2,1-3H3,(H,15,18)(H2,14,16,17). The van der Waals surface area contributed by atoms with Gasteiger partial charge in [-0.3, -0.25) is 9.79 Å². The van der Waals surface area contributed by atoms with E-state index in [0.29, 0.717) is 25.7 Å². The molecule has 0 aliphatic rings. The van der Waals surface area contributed by atoms with Crippen molar-refractivity contribution in [3.8, 4) is 0 Å². The molecule has 1 rings (SSSR count). The van der Waals surface area contributed by atoms with Gasteiger partial charge in [0, 0.05) is 30.5 Å². The zero-order chi connectivity index (χ0) is 14.8. The van der Waals surface area contributed by atoms with Crippen molar-refractivity contribution in [2.45, 2.75) is 13.5 Å². The third-order valence-electron chi connectivity index (χ3n) is 2.49. The summed E-state index contributed by atoms with van der Waals surface area (Å²) in [6, 6.07) is 4.17. The van der Waals surface area contributed by atoms with Crippen LogP contribution in [0.15, 0.2) is 17.1 Å². The average Bonchev–Trinajstić information content (AvgIpc) is 2.85. The van der Waals surface area contributed by atoms with E-state index in [0.717, 1.165) is 0 Å². The topological polar surface area (TPSA) is 74.8 Å². The summed E-state index contributed by atoms with van der Waals surface area (Å²) in [6.45, 7) is 3.98. The molecule has 3 N–H and O–H groups in total. The largest absolute Gasteiger partial charge is 0.383 e. The number of methoxy groups -OCH3 is 1. The summed E-state index contributed by atoms with van der Waals surface area (Å²) in [5.74, 6) is 0.523. The molecule has 0 saturated carbocycles. The summed E-state index contributed by atoms with van der Waals surface area (Å²) in [5, 5.41) is 8.86. The maximum atomic E-state index is 11.5. The molecule has 0 unspecified atom stereocenters. The molecule has 112 valence electrons. The lowest BCUT2D eigenvalue weighted by Crippen LogP contribution is -2.43. The van der Waals surface area contributed by atoms with E-state index >= 15 is 0 Å². The van der Waals surface area contributed by atoms with Gasteiger partial charge in [-0.05, 0) is 19.1 Å². The van der Waals surface area contributed by atoms with E-state index in [-0.39, 0.29) is 12.5 Å². The fourth-order valence-electron chi connectivity index (χ4n) is 1.49. The van der Waals surface area contributed by atoms with E-state index in [2.05, 4.69) is 40.0 Å². The second-order valence-corrected chi connectivity index (χ2v) is 5.51. The fraction of sp³-hybridized carbons (Fsp3) is 0.538. The normalized spacial score (nSPS) is 11.2. The number of ether oxygens (including phenoxy) is 1. The van der Waals surface area contributed by atoms with Gasteiger partial charge < -0.3 is 20.7 Å². The van der Waals surface area contributed by atoms with Gasteiger partial charge in [0.2, 0.25) is 5.91 Å². The van der Waals surface area contributed by atoms with Crippen LogP contribution < -0.4 is 16.0 Å². The van der Waals surface area contributed by atoms with Crippen LogP contribution in [-0.4, -0.2) is 45.7 Å². The average molecular weight is 298 g/mol. The second kappa shape index (κ2) is 9.33. The predicted molar refractivity (Wildman–Crippen MR) is 82.1 cm³/mol. The van der Waals surface area contributed by atoms with Gasteiger partial charge >= 0.3 is 0 Å². The Labute approximate surface area is 123 Å². The number of nitrogens with one attached hydrogen (secondary N) is 3. The Bertz CT molecular complexity index is 445. The highest BCUT2D eigenvalue weighted by Crippen LogP contribution is 2.14. The number of guanidine groups is 1. The number of carbonyl (C=O) groups is 1. The summed E-state index contributed by atoms with van der Waals surface area (Å²) >= 11 is 1.74. The van der Waals surface area contributed by atoms with Crippen molar-refractivity contribution in [3.05, 3.63) is 21.9 Å². The first-order valence-electron chi connectivity index (χ1n) is 6.41. The van der Waals surface area contributed by atoms with Crippen LogP contribution in [0.4, 0.5) is 0 Å². The third kappa shape index (κ3) is 6.53. The monoisotopic (exact) mass is 298 g/mol. The molecule has 7 heteroatoms. The van der Waals surface area contributed by atoms with Gasteiger partial charge in [0.05, 0.1) is 19.7 Å². The lowest BCUT2D eigenvalue weighted by Gasteiger charge is -2.11. The molecular weight excluding hydrogens is 276 g/mol. The van der Waals surface area contributed by atoms with Crippen LogP contribution >= 0.6 is 11.3 Å². The van der Waals surface area contributed by atoms with Gasteiger partial charge in [0.1, 0.15) is 0 Å². The molecule has 1 aromatic heterocycles. The van der Waals surface area contributed by atoms with Gasteiger partial charge in [-0.25, -0.2) is 0 Å². The molecule has 1 aromatic rings. The molecule has 0 spiro atoms. The van der Waals surface area contributed by atoms with E-state index < -0.39 is 0 Å². The van der Waals surface area contributed by atoms with Crippen LogP contribution in [0, 0.1) is 6.92 Å². The Balaban J connectivity index is 2.24. The lowest BCUT2D eigenvalue weighted by molar-refractivity contribution is -0.120. The number of thiophene rings is 1. The summed E-state index contributed by atoms with van der Waals surface area (Å²) < 4.78 is 4.86. The number of nitrogens with zero attached hydrogens (tertiary/aromatic N) is 1. The summed E-state index contributed by atoms with van der Waals surface area (Å²) in [7, 11) is 3.28. The molecule has 1 amide bonds. The first kappa shape index (κ1) is 16.5. The van der Waals surface area contributed by atoms with Crippen LogP contribution in [0.5, 0.6) is 0 Å². The Morgan fingerprint density at radius 3 is 2.75 bits per heavy atom. The molecule has 6 nitrogen and oxygen atoms in total. The maximum Gasteiger partial charge on any atom is 0.239 e. The summed E-state index contributed by atoms with van der Waals surface area (Å²) in [4.78, 5) is 18.1. The number of aliphatic imine (C=N–C) groups is 1. The van der Waals surface area contributed by atoms with E-state index in [1.807, 2.05) is 0 Å². The van der Waals surface area contributed by atoms with Crippen LogP contribution in [0.2, 0.25) is 0 Å². The minimum atomic E-state index is -0.0861. The highest BCUT2D eigenvalue weighted by Gasteiger charge is 2.03. The zero-order valence-electron chi connectivity index (χ0n) is 12.2. The van der Waals surface area contributed by atoms with E-state index in [1.165, 1.54) is 9.75 Å². The van der Waals surface area contributed by atoms with Gasteiger partial charge in [-0.15, -0.1) is 11.3 Å². The van der Waals surface area contributed by atoms with Gasteiger partial charge in [0.25, 0.3) is 0 Å². The number of hydrogen-bond acceptors (Lipinski definition) is 4. The number of aryl methyl sites for hydroxylation is 1. The minimum Gasteiger partial charge on any atom is -0.383 e. The third-order valence-corrected chi connectivity index (χ3v) is 3.50. The molecule has 0 aliphatic heterocycles. The highest BCUT2D eigenvalue weighted by atomic mass is 32.1. The van der Waals surface area contributed by atoms with E-state index in [4.69, 9.17) is 4.74 Å². The van der Waals surface area contributed by atoms with Crippen LogP contribution in [0.3, 0.4) is 0 Å². The Hall–Kier alpha value is -1.60. The Morgan fingerprint density at radius 2 is 2.15 bits per heavy atom. The molecule has 0 fully saturated rings. The van der Waals surface area contributed by atoms with Gasteiger partial charge in [0.15, 0.2) is 5.96 Å². The number of rotatable bonds is 7. The van der Waals surface area contributed by atoms with Crippen molar-refractivity contribution in [1.82, 2.24) is 16.0 Å². The SMILES string of the molecule is CN=C(NCC(=O)NCCOC)NCc1ccc(C)s1. The molecule has 0 radical (unpaired) electrons. The predicted octanol–water partition coefficient (Wildman–Crippen LogP) is 0.484. The molecule has 0 aromatic carbocycles. The summed E-state index contributed by atoms with van der Waals surface area (Å²) in [5.41, 5.74) is 0. The molecular formula is C13H22N4O2S. The molecule has 0 bridgehead atoms. The number of carbonyl (C=O) groups excluding carboxylic acids is 1. The smallest absolute Gasteiger partial charge is 0.239 e. The van der Waals surface area contributed by atoms with Crippen molar-refractivity contribution in [3.63, 3.8) is 0 Å². The summed E-state index contributed by atoms with van der Waals surface area (Å²) in [6.07, 6.45) is 0. The minimum absolute atomic E-state index is 0.0861. The molecule has 0 aliphatic carbocycles. The van der Waals surface area contributed by atoms with E-state index in [9.17, 15) is 4.79 Å². The van der Waals surface area contributed by atoms with Gasteiger partial charge in [-0.2, -0.15) is 0 Å². The van der Waals surface area contributed by atoms with Crippen molar-refractivity contribution in [2.24, 2.45) is 4.99 Å². The molecule has 1 heterocycles. The Morgan fingerprint density at radius 1 is 1.35 bits per heavy atom. The van der Waals surface area contributed by atoms with Crippen LogP contribution in [0.1, 0.15) is 9.75 Å². The quantitative estimate of drug-likeness (QED) is 0.389. The molecule has 20 heavy (non-hydrogen) atoms. The first-order valence-corrected chi connectivity index (χ1v) is 7.23. The highest BCUT2D eigenvalue weighted by molar-refractivity contribution is 7.11. The van der Waals surface area contributed by atoms with Crippen molar-refractivity contribution < 1.29 is 9.53 Å². The zero-order valence-corrected chi connectivity index (χ0v) is 13.0. The molecule has 0 atom stereocenters.